The van der Waals surface area contributed by atoms with E-state index in [1.54, 1.807) is 0 Å². The average molecular weight is 729 g/mol. The molecule has 5 aromatic rings. The summed E-state index contributed by atoms with van der Waals surface area (Å²) in [4.78, 5) is 19.5. The molecule has 4 aromatic carbocycles. The summed E-state index contributed by atoms with van der Waals surface area (Å²) in [5.41, 5.74) is 6.90. The van der Waals surface area contributed by atoms with Crippen molar-refractivity contribution in [1.82, 2.24) is 19.9 Å². The molecule has 0 N–H and O–H groups in total. The van der Waals surface area contributed by atoms with Crippen molar-refractivity contribution >= 4 is 11.8 Å². The monoisotopic (exact) mass is 728 g/mol. The highest BCUT2D eigenvalue weighted by atomic mass is 32.2. The van der Waals surface area contributed by atoms with E-state index in [0.29, 0.717) is 5.92 Å². The van der Waals surface area contributed by atoms with Gasteiger partial charge in [0.2, 0.25) is 0 Å². The molecule has 0 bridgehead atoms. The van der Waals surface area contributed by atoms with Gasteiger partial charge in [0.1, 0.15) is 5.82 Å². The lowest BCUT2D eigenvalue weighted by Crippen LogP contribution is -2.72. The Hall–Kier alpha value is -3.80. The van der Waals surface area contributed by atoms with Crippen LogP contribution in [0.25, 0.3) is 45.0 Å². The largest absolute Gasteiger partial charge is 0.292 e. The molecule has 274 valence electrons. The fourth-order valence-corrected chi connectivity index (χ4v) is 14.5. The predicted octanol–water partition coefficient (Wildman–Crippen LogP) is 11.7. The lowest BCUT2D eigenvalue weighted by atomic mass is 9.53. The van der Waals surface area contributed by atoms with Crippen LogP contribution < -0.4 is 0 Å². The minimum absolute atomic E-state index is 0.360. The number of benzene rings is 4. The topological polar surface area (TPSA) is 41.9 Å². The van der Waals surface area contributed by atoms with Gasteiger partial charge in [0.05, 0.1) is 0 Å². The Morgan fingerprint density at radius 1 is 0.481 bits per heavy atom. The van der Waals surface area contributed by atoms with Crippen molar-refractivity contribution in [2.75, 3.05) is 0 Å². The van der Waals surface area contributed by atoms with Gasteiger partial charge in [-0.3, -0.25) is 4.90 Å². The fourth-order valence-electron chi connectivity index (χ4n) is 12.6. The quantitative estimate of drug-likeness (QED) is 0.180. The van der Waals surface area contributed by atoms with Crippen molar-refractivity contribution in [1.29, 1.82) is 0 Å². The molecule has 1 aromatic heterocycles. The Balaban J connectivity index is 1.00. The smallest absolute Gasteiger partial charge is 0.163 e. The van der Waals surface area contributed by atoms with Gasteiger partial charge < -0.3 is 0 Å². The molecule has 54 heavy (non-hydrogen) atoms. The maximum absolute atomic E-state index is 5.51. The van der Waals surface area contributed by atoms with Gasteiger partial charge in [0.15, 0.2) is 11.6 Å². The summed E-state index contributed by atoms with van der Waals surface area (Å²) in [5, 5.41) is 1.74. The van der Waals surface area contributed by atoms with E-state index in [1.165, 1.54) is 99.3 Å². The van der Waals surface area contributed by atoms with Gasteiger partial charge in [-0.1, -0.05) is 117 Å². The number of piperidine rings is 1. The molecule has 0 spiro atoms. The molecular formula is C49H52N4S. The molecule has 0 radical (unpaired) electrons. The van der Waals surface area contributed by atoms with Crippen LogP contribution in [0.4, 0.5) is 0 Å². The lowest BCUT2D eigenvalue weighted by Gasteiger charge is -2.68. The van der Waals surface area contributed by atoms with Gasteiger partial charge >= 0.3 is 0 Å². The summed E-state index contributed by atoms with van der Waals surface area (Å²) in [6.07, 6.45) is 16.7. The van der Waals surface area contributed by atoms with E-state index in [2.05, 4.69) is 126 Å². The average Bonchev–Trinajstić information content (AvgIpc) is 3.26. The van der Waals surface area contributed by atoms with Crippen molar-refractivity contribution in [3.05, 3.63) is 115 Å². The zero-order valence-corrected chi connectivity index (χ0v) is 32.2. The lowest BCUT2D eigenvalue weighted by molar-refractivity contribution is -0.140. The number of nitrogens with zero attached hydrogens (tertiary/aromatic N) is 4. The number of thioether (sulfide) groups is 1. The molecule has 2 saturated heterocycles. The van der Waals surface area contributed by atoms with E-state index in [4.69, 9.17) is 15.0 Å². The minimum atomic E-state index is 0.360. The van der Waals surface area contributed by atoms with E-state index >= 15 is 0 Å². The van der Waals surface area contributed by atoms with Crippen molar-refractivity contribution in [3.8, 4) is 45.0 Å². The molecule has 4 saturated carbocycles. The summed E-state index contributed by atoms with van der Waals surface area (Å²) in [5.74, 6) is 6.45. The first kappa shape index (κ1) is 33.5. The molecule has 4 nitrogen and oxygen atoms in total. The van der Waals surface area contributed by atoms with Crippen LogP contribution in [0.3, 0.4) is 0 Å². The number of aromatic nitrogens is 3. The number of hydrogen-bond donors (Lipinski definition) is 0. The Kier molecular flexibility index (Phi) is 8.72. The van der Waals surface area contributed by atoms with E-state index in [0.717, 1.165) is 80.9 Å². The van der Waals surface area contributed by atoms with Crippen LogP contribution in [-0.2, 0) is 0 Å². The van der Waals surface area contributed by atoms with Crippen molar-refractivity contribution in [2.45, 2.75) is 112 Å². The zero-order valence-electron chi connectivity index (χ0n) is 31.3. The van der Waals surface area contributed by atoms with Gasteiger partial charge in [-0.15, -0.1) is 0 Å². The molecule has 5 heteroatoms. The fraction of sp³-hybridized carbons (Fsp3) is 0.449. The number of fused-ring (bicyclic) bond motifs is 5. The highest BCUT2D eigenvalue weighted by molar-refractivity contribution is 8.00. The van der Waals surface area contributed by atoms with E-state index in [-0.39, 0.29) is 0 Å². The number of rotatable bonds is 5. The maximum atomic E-state index is 5.51. The summed E-state index contributed by atoms with van der Waals surface area (Å²) < 4.78 is 0. The first-order valence-electron chi connectivity index (χ1n) is 21.3. The van der Waals surface area contributed by atoms with E-state index < -0.39 is 0 Å². The predicted molar refractivity (Wildman–Crippen MR) is 222 cm³/mol. The highest BCUT2D eigenvalue weighted by Crippen LogP contribution is 2.62. The van der Waals surface area contributed by atoms with Gasteiger partial charge in [-0.25, -0.2) is 15.0 Å². The Labute approximate surface area is 325 Å². The number of hydrogen-bond acceptors (Lipinski definition) is 5. The molecule has 6 aliphatic rings. The summed E-state index contributed by atoms with van der Waals surface area (Å²) >= 11 is 2.46. The third kappa shape index (κ3) is 5.87. The summed E-state index contributed by atoms with van der Waals surface area (Å²) in [6, 6.07) is 41.4. The second-order valence-electron chi connectivity index (χ2n) is 17.5. The van der Waals surface area contributed by atoms with Crippen LogP contribution in [-0.4, -0.2) is 48.5 Å². The molecule has 10 unspecified atom stereocenters. The maximum Gasteiger partial charge on any atom is 0.163 e. The van der Waals surface area contributed by atoms with Crippen LogP contribution in [0.15, 0.2) is 109 Å². The van der Waals surface area contributed by atoms with Crippen LogP contribution in [0.2, 0.25) is 0 Å². The zero-order chi connectivity index (χ0) is 35.6. The molecule has 6 fully saturated rings. The highest BCUT2D eigenvalue weighted by Gasteiger charge is 2.61. The minimum Gasteiger partial charge on any atom is -0.292 e. The van der Waals surface area contributed by atoms with Gasteiger partial charge in [-0.05, 0) is 115 Å². The third-order valence-electron chi connectivity index (χ3n) is 14.7. The van der Waals surface area contributed by atoms with Crippen molar-refractivity contribution in [2.24, 2.45) is 23.7 Å². The van der Waals surface area contributed by atoms with Gasteiger partial charge in [-0.2, -0.15) is 11.8 Å². The second kappa shape index (κ2) is 14.0. The first-order valence-corrected chi connectivity index (χ1v) is 22.2. The van der Waals surface area contributed by atoms with Crippen LogP contribution in [0, 0.1) is 23.7 Å². The Morgan fingerprint density at radius 3 is 1.85 bits per heavy atom. The van der Waals surface area contributed by atoms with E-state index in [1.807, 2.05) is 0 Å². The second-order valence-corrected chi connectivity index (χ2v) is 19.0. The SMILES string of the molecule is c1ccc(-c2cc(-c3ccccc3)cc(-c3nc(-c4ccccc4)nc(C4CCC5C(C4)C4CCCC6CCC7SC8CCCCC8N5C7C64)n3)c2)cc1. The van der Waals surface area contributed by atoms with Crippen molar-refractivity contribution < 1.29 is 0 Å². The summed E-state index contributed by atoms with van der Waals surface area (Å²) in [7, 11) is 0. The summed E-state index contributed by atoms with van der Waals surface area (Å²) in [6.45, 7) is 0. The molecule has 2 aliphatic heterocycles. The van der Waals surface area contributed by atoms with Gasteiger partial charge in [0, 0.05) is 45.7 Å². The van der Waals surface area contributed by atoms with Crippen LogP contribution in [0.1, 0.15) is 88.8 Å². The van der Waals surface area contributed by atoms with Crippen LogP contribution in [0.5, 0.6) is 0 Å². The molecule has 3 heterocycles. The third-order valence-corrected chi connectivity index (χ3v) is 16.5. The first-order chi connectivity index (χ1) is 26.7. The molecule has 10 atom stereocenters. The standard InChI is InChI=1S/C49H52N4S/c1-4-13-31(14-5-1)36-27-37(32-15-6-2-7-16-32)29-38(28-36)49-51-47(34-17-8-3-9-18-34)50-48(52-49)35-23-25-41-40(30-35)39-20-12-19-33-24-26-44-46(45(33)39)53(41)42-21-10-11-22-43(42)54-44/h1-9,13-18,27-29,33,35,39-46H,10-12,19-26,30H2. The Bertz CT molecular complexity index is 2050. The van der Waals surface area contributed by atoms with Gasteiger partial charge in [0.25, 0.3) is 0 Å². The molecule has 4 aliphatic carbocycles. The normalized spacial score (nSPS) is 32.9. The molecular weight excluding hydrogens is 677 g/mol. The van der Waals surface area contributed by atoms with Crippen molar-refractivity contribution in [3.63, 3.8) is 0 Å². The molecule has 11 rings (SSSR count). The Morgan fingerprint density at radius 2 is 1.13 bits per heavy atom. The van der Waals surface area contributed by atoms with E-state index in [9.17, 15) is 0 Å². The van der Waals surface area contributed by atoms with Crippen LogP contribution >= 0.6 is 11.8 Å². The molecule has 0 amide bonds.